The summed E-state index contributed by atoms with van der Waals surface area (Å²) in [5.41, 5.74) is 2.47. The number of hydrogen-bond donors (Lipinski definition) is 1. The maximum atomic E-state index is 12.6. The second-order valence-electron chi connectivity index (χ2n) is 6.05. The Hall–Kier alpha value is -2.04. The molecule has 5 heteroatoms. The van der Waals surface area contributed by atoms with Crippen LogP contribution < -0.4 is 10.1 Å². The maximum absolute atomic E-state index is 12.6. The van der Waals surface area contributed by atoms with Crippen molar-refractivity contribution in [2.45, 2.75) is 39.8 Å². The predicted molar refractivity (Wildman–Crippen MR) is 105 cm³/mol. The minimum Gasteiger partial charge on any atom is -0.494 e. The average molecular weight is 376 g/mol. The van der Waals surface area contributed by atoms with Crippen molar-refractivity contribution >= 4 is 17.5 Å². The Morgan fingerprint density at radius 1 is 1.15 bits per heavy atom. The first-order valence-corrected chi connectivity index (χ1v) is 9.32. The highest BCUT2D eigenvalue weighted by Crippen LogP contribution is 2.22. The van der Waals surface area contributed by atoms with E-state index in [1.807, 2.05) is 50.2 Å². The molecule has 26 heavy (non-hydrogen) atoms. The van der Waals surface area contributed by atoms with Gasteiger partial charge in [0.15, 0.2) is 0 Å². The number of rotatable bonds is 9. The lowest BCUT2D eigenvalue weighted by Gasteiger charge is -2.16. The van der Waals surface area contributed by atoms with Gasteiger partial charge in [-0.25, -0.2) is 0 Å². The molecule has 0 aliphatic rings. The zero-order valence-electron chi connectivity index (χ0n) is 15.5. The van der Waals surface area contributed by atoms with Gasteiger partial charge in [-0.15, -0.1) is 0 Å². The number of carbonyl (C=O) groups is 1. The van der Waals surface area contributed by atoms with Gasteiger partial charge in [0.25, 0.3) is 5.91 Å². The monoisotopic (exact) mass is 375 g/mol. The Bertz CT molecular complexity index is 716. The topological polar surface area (TPSA) is 47.6 Å². The van der Waals surface area contributed by atoms with Gasteiger partial charge in [-0.05, 0) is 56.2 Å². The van der Waals surface area contributed by atoms with Crippen LogP contribution in [0.1, 0.15) is 54.7 Å². The Morgan fingerprint density at radius 3 is 2.54 bits per heavy atom. The van der Waals surface area contributed by atoms with E-state index in [0.717, 1.165) is 23.3 Å². The van der Waals surface area contributed by atoms with Gasteiger partial charge in [0.1, 0.15) is 5.75 Å². The summed E-state index contributed by atoms with van der Waals surface area (Å²) in [6, 6.07) is 12.8. The Morgan fingerprint density at radius 2 is 1.88 bits per heavy atom. The van der Waals surface area contributed by atoms with Gasteiger partial charge in [-0.2, -0.15) is 0 Å². The standard InChI is InChI=1S/C21H26ClNO3/c1-4-12-25-14-18-13-17(8-11-20(18)26-5-2)21(24)23-15(3)16-6-9-19(22)10-7-16/h6-11,13,15H,4-5,12,14H2,1-3H3,(H,23,24). The van der Waals surface area contributed by atoms with Crippen molar-refractivity contribution in [3.8, 4) is 5.75 Å². The van der Waals surface area contributed by atoms with Crippen LogP contribution in [0, 0.1) is 0 Å². The third-order valence-corrected chi connectivity index (χ3v) is 4.20. The molecule has 0 radical (unpaired) electrons. The van der Waals surface area contributed by atoms with Crippen LogP contribution in [0.15, 0.2) is 42.5 Å². The van der Waals surface area contributed by atoms with Crippen molar-refractivity contribution in [2.24, 2.45) is 0 Å². The smallest absolute Gasteiger partial charge is 0.251 e. The number of hydrogen-bond acceptors (Lipinski definition) is 3. The molecule has 0 saturated carbocycles. The molecule has 0 aromatic heterocycles. The van der Waals surface area contributed by atoms with Gasteiger partial charge < -0.3 is 14.8 Å². The number of carbonyl (C=O) groups excluding carboxylic acids is 1. The van der Waals surface area contributed by atoms with Crippen molar-refractivity contribution < 1.29 is 14.3 Å². The molecule has 0 aliphatic carbocycles. The van der Waals surface area contributed by atoms with Crippen LogP contribution in [-0.4, -0.2) is 19.1 Å². The zero-order valence-corrected chi connectivity index (χ0v) is 16.3. The van der Waals surface area contributed by atoms with E-state index in [0.29, 0.717) is 30.4 Å². The molecule has 0 fully saturated rings. The normalized spacial score (nSPS) is 11.8. The quantitative estimate of drug-likeness (QED) is 0.616. The van der Waals surface area contributed by atoms with E-state index in [1.165, 1.54) is 0 Å². The van der Waals surface area contributed by atoms with Crippen LogP contribution in [0.2, 0.25) is 5.02 Å². The summed E-state index contributed by atoms with van der Waals surface area (Å²) in [7, 11) is 0. The van der Waals surface area contributed by atoms with Crippen LogP contribution in [0.25, 0.3) is 0 Å². The second-order valence-corrected chi connectivity index (χ2v) is 6.49. The molecule has 2 aromatic rings. The van der Waals surface area contributed by atoms with E-state index in [4.69, 9.17) is 21.1 Å². The molecule has 1 atom stereocenters. The fraction of sp³-hybridized carbons (Fsp3) is 0.381. The molecule has 0 saturated heterocycles. The summed E-state index contributed by atoms with van der Waals surface area (Å²) in [6.07, 6.45) is 0.947. The van der Waals surface area contributed by atoms with Crippen molar-refractivity contribution in [1.82, 2.24) is 5.32 Å². The number of ether oxygens (including phenoxy) is 2. The lowest BCUT2D eigenvalue weighted by molar-refractivity contribution is 0.0939. The molecule has 1 unspecified atom stereocenters. The van der Waals surface area contributed by atoms with E-state index >= 15 is 0 Å². The molecule has 2 rings (SSSR count). The van der Waals surface area contributed by atoms with E-state index < -0.39 is 0 Å². The summed E-state index contributed by atoms with van der Waals surface area (Å²) in [4.78, 5) is 12.6. The number of amides is 1. The van der Waals surface area contributed by atoms with Gasteiger partial charge in [-0.1, -0.05) is 30.7 Å². The Kier molecular flexibility index (Phi) is 7.95. The van der Waals surface area contributed by atoms with Crippen LogP contribution in [-0.2, 0) is 11.3 Å². The molecule has 0 heterocycles. The van der Waals surface area contributed by atoms with Gasteiger partial charge in [0.2, 0.25) is 0 Å². The predicted octanol–water partition coefficient (Wildman–Crippen LogP) is 5.16. The van der Waals surface area contributed by atoms with E-state index in [1.54, 1.807) is 6.07 Å². The third-order valence-electron chi connectivity index (χ3n) is 3.95. The molecule has 0 spiro atoms. The van der Waals surface area contributed by atoms with Gasteiger partial charge in [0, 0.05) is 22.8 Å². The van der Waals surface area contributed by atoms with Crippen molar-refractivity contribution in [2.75, 3.05) is 13.2 Å². The molecule has 2 aromatic carbocycles. The number of benzene rings is 2. The Labute approximate surface area is 160 Å². The fourth-order valence-corrected chi connectivity index (χ4v) is 2.70. The van der Waals surface area contributed by atoms with E-state index in [2.05, 4.69) is 12.2 Å². The highest BCUT2D eigenvalue weighted by atomic mass is 35.5. The molecular weight excluding hydrogens is 350 g/mol. The lowest BCUT2D eigenvalue weighted by atomic mass is 10.1. The first-order valence-electron chi connectivity index (χ1n) is 8.95. The zero-order chi connectivity index (χ0) is 18.9. The second kappa shape index (κ2) is 10.2. The first-order chi connectivity index (χ1) is 12.5. The summed E-state index contributed by atoms with van der Waals surface area (Å²) < 4.78 is 11.3. The van der Waals surface area contributed by atoms with E-state index in [9.17, 15) is 4.79 Å². The summed E-state index contributed by atoms with van der Waals surface area (Å²) >= 11 is 5.92. The molecule has 1 amide bonds. The molecule has 1 N–H and O–H groups in total. The van der Waals surface area contributed by atoms with Crippen LogP contribution in [0.5, 0.6) is 5.75 Å². The Balaban J connectivity index is 2.11. The van der Waals surface area contributed by atoms with Gasteiger partial charge >= 0.3 is 0 Å². The lowest BCUT2D eigenvalue weighted by Crippen LogP contribution is -2.26. The largest absolute Gasteiger partial charge is 0.494 e. The first kappa shape index (κ1) is 20.3. The molecule has 0 aliphatic heterocycles. The molecular formula is C21H26ClNO3. The minimum absolute atomic E-state index is 0.119. The molecule has 140 valence electrons. The average Bonchev–Trinajstić information content (AvgIpc) is 2.63. The fourth-order valence-electron chi connectivity index (χ4n) is 2.57. The van der Waals surface area contributed by atoms with Crippen molar-refractivity contribution in [3.05, 3.63) is 64.2 Å². The van der Waals surface area contributed by atoms with Gasteiger partial charge in [0.05, 0.1) is 19.3 Å². The molecule has 0 bridgehead atoms. The highest BCUT2D eigenvalue weighted by molar-refractivity contribution is 6.30. The highest BCUT2D eigenvalue weighted by Gasteiger charge is 2.14. The number of nitrogens with one attached hydrogen (secondary N) is 1. The van der Waals surface area contributed by atoms with E-state index in [-0.39, 0.29) is 11.9 Å². The van der Waals surface area contributed by atoms with Gasteiger partial charge in [-0.3, -0.25) is 4.79 Å². The third kappa shape index (κ3) is 5.75. The summed E-state index contributed by atoms with van der Waals surface area (Å²) in [6.45, 7) is 7.62. The summed E-state index contributed by atoms with van der Waals surface area (Å²) in [5.74, 6) is 0.623. The van der Waals surface area contributed by atoms with Crippen molar-refractivity contribution in [1.29, 1.82) is 0 Å². The number of halogens is 1. The van der Waals surface area contributed by atoms with Crippen LogP contribution >= 0.6 is 11.6 Å². The minimum atomic E-state index is -0.132. The van der Waals surface area contributed by atoms with Crippen LogP contribution in [0.3, 0.4) is 0 Å². The SMILES string of the molecule is CCCOCc1cc(C(=O)NC(C)c2ccc(Cl)cc2)ccc1OCC. The summed E-state index contributed by atoms with van der Waals surface area (Å²) in [5, 5.41) is 3.69. The van der Waals surface area contributed by atoms with Crippen LogP contribution in [0.4, 0.5) is 0 Å². The maximum Gasteiger partial charge on any atom is 0.251 e. The molecule has 4 nitrogen and oxygen atoms in total. The van der Waals surface area contributed by atoms with Crippen molar-refractivity contribution in [3.63, 3.8) is 0 Å².